The molecule has 3 aromatic rings. The Morgan fingerprint density at radius 2 is 1.94 bits per heavy atom. The number of rotatable bonds is 10. The minimum absolute atomic E-state index is 0.0787. The van der Waals surface area contributed by atoms with Crippen LogP contribution in [0.2, 0.25) is 0 Å². The number of halogens is 1. The van der Waals surface area contributed by atoms with Crippen molar-refractivity contribution in [2.24, 2.45) is 0 Å². The second kappa shape index (κ2) is 9.94. The number of aryl methyl sites for hydroxylation is 1. The van der Waals surface area contributed by atoms with Gasteiger partial charge in [-0.2, -0.15) is 0 Å². The smallest absolute Gasteiger partial charge is 0.303 e. The Morgan fingerprint density at radius 3 is 2.65 bits per heavy atom. The van der Waals surface area contributed by atoms with Crippen molar-refractivity contribution in [2.75, 3.05) is 6.54 Å². The predicted molar refractivity (Wildman–Crippen MR) is 116 cm³/mol. The molecule has 0 radical (unpaired) electrons. The zero-order valence-electron chi connectivity index (χ0n) is 18.0. The van der Waals surface area contributed by atoms with Crippen molar-refractivity contribution in [2.45, 2.75) is 52.9 Å². The van der Waals surface area contributed by atoms with Gasteiger partial charge in [0.15, 0.2) is 0 Å². The lowest BCUT2D eigenvalue weighted by molar-refractivity contribution is -0.136. The van der Waals surface area contributed by atoms with E-state index in [1.807, 2.05) is 26.0 Å². The van der Waals surface area contributed by atoms with Gasteiger partial charge < -0.3 is 19.4 Å². The number of aliphatic hydroxyl groups is 1. The number of furan rings is 1. The highest BCUT2D eigenvalue weighted by atomic mass is 19.1. The van der Waals surface area contributed by atoms with E-state index in [1.165, 1.54) is 12.1 Å². The molecule has 1 atom stereocenters. The number of hydrogen-bond donors (Lipinski definition) is 3. The Hall–Kier alpha value is -2.90. The standard InChI is InChI=1S/C24H28FNO5/c1-14-15(2)22(6-4-17(14)5-7-23(28)29)30-13-19-11-20(25)10-18-12-21(31-24(18)19)8-9-26-16(3)27/h4,6,10-12,16,26-27H,5,7-9,13H2,1-3H3,(H,28,29). The molecule has 7 heteroatoms. The zero-order chi connectivity index (χ0) is 22.5. The maximum atomic E-state index is 14.1. The molecule has 0 bridgehead atoms. The summed E-state index contributed by atoms with van der Waals surface area (Å²) in [7, 11) is 0. The molecular formula is C24H28FNO5. The van der Waals surface area contributed by atoms with Crippen LogP contribution in [0.15, 0.2) is 34.7 Å². The first-order chi connectivity index (χ1) is 14.7. The maximum Gasteiger partial charge on any atom is 0.303 e. The average molecular weight is 429 g/mol. The molecule has 6 nitrogen and oxygen atoms in total. The van der Waals surface area contributed by atoms with E-state index in [0.717, 1.165) is 16.7 Å². The fraction of sp³-hybridized carbons (Fsp3) is 0.375. The van der Waals surface area contributed by atoms with Crippen LogP contribution < -0.4 is 10.1 Å². The van der Waals surface area contributed by atoms with E-state index in [9.17, 15) is 14.3 Å². The minimum Gasteiger partial charge on any atom is -0.488 e. The second-order valence-corrected chi connectivity index (χ2v) is 7.73. The summed E-state index contributed by atoms with van der Waals surface area (Å²) in [5, 5.41) is 21.8. The first-order valence-electron chi connectivity index (χ1n) is 10.3. The van der Waals surface area contributed by atoms with Gasteiger partial charge in [-0.05, 0) is 68.1 Å². The second-order valence-electron chi connectivity index (χ2n) is 7.73. The zero-order valence-corrected chi connectivity index (χ0v) is 18.0. The van der Waals surface area contributed by atoms with Gasteiger partial charge >= 0.3 is 5.97 Å². The normalized spacial score (nSPS) is 12.3. The lowest BCUT2D eigenvalue weighted by atomic mass is 9.99. The summed E-state index contributed by atoms with van der Waals surface area (Å²) in [5.74, 6) is 0.177. The molecule has 0 amide bonds. The van der Waals surface area contributed by atoms with Crippen LogP contribution in [-0.4, -0.2) is 29.0 Å². The summed E-state index contributed by atoms with van der Waals surface area (Å²) < 4.78 is 26.1. The number of fused-ring (bicyclic) bond motifs is 1. The lowest BCUT2D eigenvalue weighted by Crippen LogP contribution is -2.27. The van der Waals surface area contributed by atoms with Crippen LogP contribution in [0.4, 0.5) is 4.39 Å². The van der Waals surface area contributed by atoms with Gasteiger partial charge in [0.25, 0.3) is 0 Å². The van der Waals surface area contributed by atoms with Gasteiger partial charge in [0.2, 0.25) is 0 Å². The van der Waals surface area contributed by atoms with Crippen molar-refractivity contribution >= 4 is 16.9 Å². The molecule has 0 aliphatic rings. The Bertz CT molecular complexity index is 1070. The van der Waals surface area contributed by atoms with Crippen molar-refractivity contribution in [1.29, 1.82) is 0 Å². The molecule has 3 N–H and O–H groups in total. The highest BCUT2D eigenvalue weighted by Gasteiger charge is 2.14. The van der Waals surface area contributed by atoms with E-state index in [2.05, 4.69) is 5.32 Å². The number of ether oxygens (including phenoxy) is 1. The van der Waals surface area contributed by atoms with Crippen molar-refractivity contribution in [1.82, 2.24) is 5.32 Å². The largest absolute Gasteiger partial charge is 0.488 e. The van der Waals surface area contributed by atoms with Crippen molar-refractivity contribution in [3.8, 4) is 5.75 Å². The fourth-order valence-corrected chi connectivity index (χ4v) is 3.55. The molecule has 0 aliphatic heterocycles. The summed E-state index contributed by atoms with van der Waals surface area (Å²) in [6.45, 7) is 6.20. The monoisotopic (exact) mass is 429 g/mol. The van der Waals surface area contributed by atoms with Crippen LogP contribution in [0, 0.1) is 19.7 Å². The third kappa shape index (κ3) is 5.83. The number of nitrogens with one attached hydrogen (secondary N) is 1. The number of aliphatic hydroxyl groups excluding tert-OH is 1. The topological polar surface area (TPSA) is 91.9 Å². The predicted octanol–water partition coefficient (Wildman–Crippen LogP) is 4.26. The molecular weight excluding hydrogens is 401 g/mol. The Morgan fingerprint density at radius 1 is 1.16 bits per heavy atom. The van der Waals surface area contributed by atoms with Gasteiger partial charge in [-0.3, -0.25) is 10.1 Å². The van der Waals surface area contributed by atoms with Crippen LogP contribution in [0.3, 0.4) is 0 Å². The SMILES string of the molecule is Cc1c(CCC(=O)O)ccc(OCc2cc(F)cc3cc(CCNC(C)O)oc23)c1C. The van der Waals surface area contributed by atoms with Gasteiger partial charge in [0.1, 0.15) is 35.7 Å². The van der Waals surface area contributed by atoms with E-state index >= 15 is 0 Å². The van der Waals surface area contributed by atoms with Crippen LogP contribution >= 0.6 is 0 Å². The number of carbonyl (C=O) groups is 1. The number of carboxylic acid groups (broad SMARTS) is 1. The van der Waals surface area contributed by atoms with Crippen LogP contribution in [0.1, 0.15) is 41.4 Å². The highest BCUT2D eigenvalue weighted by molar-refractivity contribution is 5.81. The van der Waals surface area contributed by atoms with E-state index in [4.69, 9.17) is 14.3 Å². The molecule has 166 valence electrons. The molecule has 31 heavy (non-hydrogen) atoms. The molecule has 1 unspecified atom stereocenters. The van der Waals surface area contributed by atoms with E-state index in [1.54, 1.807) is 13.0 Å². The number of hydrogen-bond acceptors (Lipinski definition) is 5. The molecule has 2 aromatic carbocycles. The average Bonchev–Trinajstić information content (AvgIpc) is 3.10. The lowest BCUT2D eigenvalue weighted by Gasteiger charge is -2.14. The summed E-state index contributed by atoms with van der Waals surface area (Å²) in [4.78, 5) is 10.8. The summed E-state index contributed by atoms with van der Waals surface area (Å²) >= 11 is 0. The molecule has 0 saturated carbocycles. The minimum atomic E-state index is -0.827. The third-order valence-electron chi connectivity index (χ3n) is 5.36. The summed E-state index contributed by atoms with van der Waals surface area (Å²) in [6, 6.07) is 8.35. The van der Waals surface area contributed by atoms with Crippen LogP contribution in [-0.2, 0) is 24.2 Å². The molecule has 0 spiro atoms. The fourth-order valence-electron chi connectivity index (χ4n) is 3.55. The Labute approximate surface area is 180 Å². The van der Waals surface area contributed by atoms with Crippen molar-refractivity contribution in [3.05, 3.63) is 64.2 Å². The van der Waals surface area contributed by atoms with Gasteiger partial charge in [-0.1, -0.05) is 6.07 Å². The molecule has 3 rings (SSSR count). The number of benzene rings is 2. The molecule has 1 heterocycles. The molecule has 1 aromatic heterocycles. The highest BCUT2D eigenvalue weighted by Crippen LogP contribution is 2.29. The molecule has 0 fully saturated rings. The van der Waals surface area contributed by atoms with Crippen LogP contribution in [0.25, 0.3) is 11.0 Å². The summed E-state index contributed by atoms with van der Waals surface area (Å²) in [5.41, 5.74) is 4.09. The van der Waals surface area contributed by atoms with Crippen LogP contribution in [0.5, 0.6) is 5.75 Å². The first-order valence-corrected chi connectivity index (χ1v) is 10.3. The number of aliphatic carboxylic acids is 1. The van der Waals surface area contributed by atoms with Crippen molar-refractivity contribution < 1.29 is 28.6 Å². The quantitative estimate of drug-likeness (QED) is 0.417. The van der Waals surface area contributed by atoms with E-state index in [0.29, 0.717) is 47.4 Å². The first kappa shape index (κ1) is 22.8. The van der Waals surface area contributed by atoms with Crippen molar-refractivity contribution in [3.63, 3.8) is 0 Å². The van der Waals surface area contributed by atoms with E-state index < -0.39 is 12.2 Å². The maximum absolute atomic E-state index is 14.1. The van der Waals surface area contributed by atoms with Gasteiger partial charge in [0.05, 0.1) is 0 Å². The van der Waals surface area contributed by atoms with Gasteiger partial charge in [-0.15, -0.1) is 0 Å². The van der Waals surface area contributed by atoms with Gasteiger partial charge in [-0.25, -0.2) is 4.39 Å². The molecule has 0 saturated heterocycles. The summed E-state index contributed by atoms with van der Waals surface area (Å²) in [6.07, 6.45) is 0.506. The molecule has 0 aliphatic carbocycles. The third-order valence-corrected chi connectivity index (χ3v) is 5.36. The number of carboxylic acids is 1. The van der Waals surface area contributed by atoms with Gasteiger partial charge in [0, 0.05) is 30.3 Å². The Kier molecular flexibility index (Phi) is 7.30. The Balaban J connectivity index is 1.76. The van der Waals surface area contributed by atoms with E-state index in [-0.39, 0.29) is 18.8 Å².